The van der Waals surface area contributed by atoms with E-state index in [-0.39, 0.29) is 22.5 Å². The van der Waals surface area contributed by atoms with Crippen molar-refractivity contribution in [3.05, 3.63) is 78.0 Å². The number of carbonyl (C=O) groups is 2. The van der Waals surface area contributed by atoms with Gasteiger partial charge in [0, 0.05) is 17.3 Å². The summed E-state index contributed by atoms with van der Waals surface area (Å²) in [5.74, 6) is -1.04. The minimum absolute atomic E-state index is 0.0393. The number of carbonyl (C=O) groups excluding carboxylic acids is 2. The minimum Gasteiger partial charge on any atom is -0.505 e. The van der Waals surface area contributed by atoms with Crippen LogP contribution in [-0.2, 0) is 6.18 Å². The number of aromatic nitrogens is 1. The molecule has 3 aromatic rings. The van der Waals surface area contributed by atoms with Crippen molar-refractivity contribution in [2.75, 3.05) is 5.32 Å². The van der Waals surface area contributed by atoms with Gasteiger partial charge in [-0.2, -0.15) is 13.2 Å². The van der Waals surface area contributed by atoms with Gasteiger partial charge in [-0.3, -0.25) is 15.1 Å². The van der Waals surface area contributed by atoms with Gasteiger partial charge in [0.25, 0.3) is 5.91 Å². The van der Waals surface area contributed by atoms with E-state index in [9.17, 15) is 27.9 Å². The SMILES string of the molecule is O=C(NC(=O)c1ccccc1)Nc1cccc(-c2ccc(C(F)(F)F)cn2)c1O. The van der Waals surface area contributed by atoms with Gasteiger partial charge >= 0.3 is 12.2 Å². The van der Waals surface area contributed by atoms with E-state index in [1.165, 1.54) is 30.3 Å². The van der Waals surface area contributed by atoms with Crippen molar-refractivity contribution < 1.29 is 27.9 Å². The Hall–Kier alpha value is -3.88. The fourth-order valence-electron chi connectivity index (χ4n) is 2.49. The molecule has 0 unspecified atom stereocenters. The first-order chi connectivity index (χ1) is 13.8. The number of amides is 3. The van der Waals surface area contributed by atoms with Crippen molar-refractivity contribution in [2.45, 2.75) is 6.18 Å². The molecule has 1 heterocycles. The number of anilines is 1. The molecule has 0 aliphatic rings. The van der Waals surface area contributed by atoms with Gasteiger partial charge in [0.1, 0.15) is 5.75 Å². The second kappa shape index (κ2) is 8.01. The highest BCUT2D eigenvalue weighted by Crippen LogP contribution is 2.35. The monoisotopic (exact) mass is 401 g/mol. The number of nitrogens with one attached hydrogen (secondary N) is 2. The van der Waals surface area contributed by atoms with Crippen molar-refractivity contribution in [1.82, 2.24) is 10.3 Å². The Bertz CT molecular complexity index is 1040. The van der Waals surface area contributed by atoms with E-state index in [1.807, 2.05) is 0 Å². The summed E-state index contributed by atoms with van der Waals surface area (Å²) >= 11 is 0. The number of urea groups is 1. The number of imide groups is 1. The molecule has 2 aromatic carbocycles. The average Bonchev–Trinajstić information content (AvgIpc) is 2.69. The van der Waals surface area contributed by atoms with Crippen LogP contribution in [0.5, 0.6) is 5.75 Å². The number of halogens is 3. The summed E-state index contributed by atoms with van der Waals surface area (Å²) in [4.78, 5) is 27.8. The van der Waals surface area contributed by atoms with E-state index in [0.717, 1.165) is 12.1 Å². The Kier molecular flexibility index (Phi) is 5.49. The van der Waals surface area contributed by atoms with Gasteiger partial charge in [0.2, 0.25) is 0 Å². The summed E-state index contributed by atoms with van der Waals surface area (Å²) in [6.45, 7) is 0. The molecule has 6 nitrogen and oxygen atoms in total. The van der Waals surface area contributed by atoms with Crippen LogP contribution in [0, 0.1) is 0 Å². The van der Waals surface area contributed by atoms with Gasteiger partial charge in [0.05, 0.1) is 16.9 Å². The lowest BCUT2D eigenvalue weighted by molar-refractivity contribution is -0.137. The van der Waals surface area contributed by atoms with Crippen molar-refractivity contribution in [3.8, 4) is 17.0 Å². The number of hydrogen-bond acceptors (Lipinski definition) is 4. The number of para-hydroxylation sites is 1. The molecule has 3 N–H and O–H groups in total. The first-order valence-electron chi connectivity index (χ1n) is 8.28. The van der Waals surface area contributed by atoms with Gasteiger partial charge in [-0.1, -0.05) is 24.3 Å². The standard InChI is InChI=1S/C20H14F3N3O3/c21-20(22,23)13-9-10-15(24-11-13)14-7-4-8-16(17(14)27)25-19(29)26-18(28)12-5-2-1-3-6-12/h1-11,27H,(H2,25,26,28,29). The van der Waals surface area contributed by atoms with E-state index in [1.54, 1.807) is 18.2 Å². The van der Waals surface area contributed by atoms with E-state index < -0.39 is 29.4 Å². The Morgan fingerprint density at radius 2 is 1.66 bits per heavy atom. The molecule has 0 fully saturated rings. The number of alkyl halides is 3. The number of nitrogens with zero attached hydrogens (tertiary/aromatic N) is 1. The largest absolute Gasteiger partial charge is 0.505 e. The third kappa shape index (κ3) is 4.70. The maximum absolute atomic E-state index is 12.7. The molecule has 9 heteroatoms. The number of aromatic hydroxyl groups is 1. The number of benzene rings is 2. The summed E-state index contributed by atoms with van der Waals surface area (Å²) in [6.07, 6.45) is -3.87. The topological polar surface area (TPSA) is 91.3 Å². The van der Waals surface area contributed by atoms with Gasteiger partial charge in [-0.25, -0.2) is 4.79 Å². The summed E-state index contributed by atoms with van der Waals surface area (Å²) in [7, 11) is 0. The van der Waals surface area contributed by atoms with Crippen molar-refractivity contribution in [2.24, 2.45) is 0 Å². The van der Waals surface area contributed by atoms with Crippen molar-refractivity contribution in [1.29, 1.82) is 0 Å². The fourth-order valence-corrected chi connectivity index (χ4v) is 2.49. The van der Waals surface area contributed by atoms with Crippen LogP contribution < -0.4 is 10.6 Å². The lowest BCUT2D eigenvalue weighted by Gasteiger charge is -2.12. The Morgan fingerprint density at radius 3 is 2.28 bits per heavy atom. The number of phenolic OH excluding ortho intramolecular Hbond substituents is 1. The van der Waals surface area contributed by atoms with Crippen molar-refractivity contribution in [3.63, 3.8) is 0 Å². The smallest absolute Gasteiger partial charge is 0.417 e. The molecule has 1 aromatic heterocycles. The lowest BCUT2D eigenvalue weighted by Crippen LogP contribution is -2.34. The molecule has 148 valence electrons. The molecule has 0 aliphatic heterocycles. The molecule has 0 spiro atoms. The number of phenols is 1. The third-order valence-corrected chi connectivity index (χ3v) is 3.91. The molecule has 3 rings (SSSR count). The summed E-state index contributed by atoms with van der Waals surface area (Å²) < 4.78 is 38.0. The van der Waals surface area contributed by atoms with Crippen LogP contribution in [0.4, 0.5) is 23.7 Å². The molecule has 0 aliphatic carbocycles. The van der Waals surface area contributed by atoms with Crippen LogP contribution in [0.25, 0.3) is 11.3 Å². The number of hydrogen-bond donors (Lipinski definition) is 3. The Balaban J connectivity index is 1.76. The molecule has 0 saturated heterocycles. The molecule has 3 amide bonds. The Labute approximate surface area is 163 Å². The van der Waals surface area contributed by atoms with Crippen LogP contribution in [0.3, 0.4) is 0 Å². The van der Waals surface area contributed by atoms with E-state index in [4.69, 9.17) is 0 Å². The summed E-state index contributed by atoms with van der Waals surface area (Å²) in [6, 6.07) is 13.4. The molecule has 0 bridgehead atoms. The van der Waals surface area contributed by atoms with E-state index in [0.29, 0.717) is 6.20 Å². The molecular formula is C20H14F3N3O3. The van der Waals surface area contributed by atoms with Crippen LogP contribution in [0.15, 0.2) is 66.9 Å². The first kappa shape index (κ1) is 19.9. The van der Waals surface area contributed by atoms with Gasteiger partial charge in [0.15, 0.2) is 0 Å². The maximum Gasteiger partial charge on any atom is 0.417 e. The van der Waals surface area contributed by atoms with E-state index >= 15 is 0 Å². The third-order valence-electron chi connectivity index (χ3n) is 3.91. The van der Waals surface area contributed by atoms with Gasteiger partial charge < -0.3 is 10.4 Å². The van der Waals surface area contributed by atoms with Crippen LogP contribution in [-0.4, -0.2) is 22.0 Å². The summed E-state index contributed by atoms with van der Waals surface area (Å²) in [5, 5.41) is 14.8. The van der Waals surface area contributed by atoms with Crippen LogP contribution >= 0.6 is 0 Å². The Morgan fingerprint density at radius 1 is 0.931 bits per heavy atom. The molecule has 0 atom stereocenters. The predicted molar refractivity (Wildman–Crippen MR) is 99.3 cm³/mol. The molecule has 29 heavy (non-hydrogen) atoms. The quantitative estimate of drug-likeness (QED) is 0.566. The minimum atomic E-state index is -4.53. The maximum atomic E-state index is 12.7. The molecule has 0 saturated carbocycles. The van der Waals surface area contributed by atoms with E-state index in [2.05, 4.69) is 15.6 Å². The highest BCUT2D eigenvalue weighted by atomic mass is 19.4. The lowest BCUT2D eigenvalue weighted by atomic mass is 10.1. The molecule has 0 radical (unpaired) electrons. The second-order valence-corrected chi connectivity index (χ2v) is 5.91. The van der Waals surface area contributed by atoms with Crippen LogP contribution in [0.2, 0.25) is 0 Å². The number of pyridine rings is 1. The number of rotatable bonds is 3. The highest BCUT2D eigenvalue weighted by molar-refractivity contribution is 6.08. The second-order valence-electron chi connectivity index (χ2n) is 5.91. The van der Waals surface area contributed by atoms with Crippen molar-refractivity contribution >= 4 is 17.6 Å². The van der Waals surface area contributed by atoms with Gasteiger partial charge in [-0.15, -0.1) is 0 Å². The summed E-state index contributed by atoms with van der Waals surface area (Å²) in [5.41, 5.74) is -0.489. The normalized spacial score (nSPS) is 11.0. The zero-order valence-corrected chi connectivity index (χ0v) is 14.7. The van der Waals surface area contributed by atoms with Crippen LogP contribution in [0.1, 0.15) is 15.9 Å². The average molecular weight is 401 g/mol. The predicted octanol–water partition coefficient (Wildman–Crippen LogP) is 4.43. The van der Waals surface area contributed by atoms with Gasteiger partial charge in [-0.05, 0) is 36.4 Å². The fraction of sp³-hybridized carbons (Fsp3) is 0.0500. The zero-order valence-electron chi connectivity index (χ0n) is 14.7. The zero-order chi connectivity index (χ0) is 21.0. The molecular weight excluding hydrogens is 387 g/mol. The first-order valence-corrected chi connectivity index (χ1v) is 8.28. The highest BCUT2D eigenvalue weighted by Gasteiger charge is 2.30.